The minimum Gasteiger partial charge on any atom is -0.479 e. The van der Waals surface area contributed by atoms with Gasteiger partial charge in [0.25, 0.3) is 0 Å². The van der Waals surface area contributed by atoms with E-state index in [0.29, 0.717) is 44.9 Å². The maximum absolute atomic E-state index is 12.7. The van der Waals surface area contributed by atoms with Crippen LogP contribution in [0.3, 0.4) is 0 Å². The summed E-state index contributed by atoms with van der Waals surface area (Å²) in [6, 6.07) is 0. The average Bonchev–Trinajstić information content (AvgIpc) is 0.708. The summed E-state index contributed by atoms with van der Waals surface area (Å²) in [4.78, 5) is 24.5. The molecule has 5 aliphatic heterocycles. The molecule has 0 bridgehead atoms. The molecule has 0 aromatic heterocycles. The smallest absolute Gasteiger partial charge is 0.335 e. The lowest BCUT2D eigenvalue weighted by molar-refractivity contribution is -0.397. The molecule has 16 N–H and O–H groups in total. The summed E-state index contributed by atoms with van der Waals surface area (Å²) >= 11 is 0. The molecule has 0 aromatic carbocycles. The molecule has 10 rings (SSSR count). The summed E-state index contributed by atoms with van der Waals surface area (Å²) in [7, 11) is 0. The fourth-order valence-corrected chi connectivity index (χ4v) is 18.0. The highest BCUT2D eigenvalue weighted by Gasteiger charge is 2.71. The summed E-state index contributed by atoms with van der Waals surface area (Å²) in [6.45, 7) is 13.0. The third-order valence-corrected chi connectivity index (χ3v) is 23.5. The molecule has 0 aromatic rings. The van der Waals surface area contributed by atoms with Crippen LogP contribution in [-0.2, 0) is 61.7 Å². The zero-order valence-corrected chi connectivity index (χ0v) is 51.5. The van der Waals surface area contributed by atoms with E-state index in [9.17, 15) is 91.3 Å². The first kappa shape index (κ1) is 69.5. The lowest BCUT2D eigenvalue weighted by Crippen LogP contribution is -2.69. The van der Waals surface area contributed by atoms with Crippen molar-refractivity contribution >= 4 is 11.9 Å². The number of ether oxygens (including phenoxy) is 11. The van der Waals surface area contributed by atoms with Gasteiger partial charge in [0.2, 0.25) is 0 Å². The molecule has 34 unspecified atom stereocenters. The van der Waals surface area contributed by atoms with Gasteiger partial charge in [-0.05, 0) is 90.8 Å². The highest BCUT2D eigenvalue weighted by molar-refractivity contribution is 5.73. The van der Waals surface area contributed by atoms with Crippen molar-refractivity contribution < 1.29 is 143 Å². The Morgan fingerprint density at radius 3 is 1.71 bits per heavy atom. The summed E-state index contributed by atoms with van der Waals surface area (Å²) in [6.07, 6.45) is -36.7. The van der Waals surface area contributed by atoms with Gasteiger partial charge >= 0.3 is 11.9 Å². The zero-order valence-electron chi connectivity index (χ0n) is 51.5. The second-order valence-electron chi connectivity index (χ2n) is 28.9. The first-order valence-electron chi connectivity index (χ1n) is 31.2. The van der Waals surface area contributed by atoms with Crippen LogP contribution in [-0.4, -0.2) is 286 Å². The maximum Gasteiger partial charge on any atom is 0.335 e. The number of carboxylic acids is 1. The van der Waals surface area contributed by atoms with E-state index in [4.69, 9.17) is 52.1 Å². The topological polar surface area (TPSA) is 459 Å². The summed E-state index contributed by atoms with van der Waals surface area (Å²) in [5.74, 6) is -2.79. The predicted octanol–water partition coefficient (Wildman–Crippen LogP) is -3.85. The standard InChI is InChI=1S/C60H96O29/c1-23(64)81-42-26(65)20-79-50(40(42)74)85-43-27(66)21-80-51(41(43)75)89-48-47(76)55(2,3)17-25-24-9-10-31-57(5)13-12-32(58(6,22-63)30(57)11-14-60(31,8)59(24,7)16-15-56(25,48)4)84-54-46(38(72)37(71)44(86-54)49(77)78)88-53-45(36(70)34(68)29(19-62)83-53)87-52-39(73)35(69)33(67)28(18-61)82-52/h9,25-48,50-54,61-63,65-76H,10-22H2,1-8H3,(H,77,78). The van der Waals surface area contributed by atoms with E-state index >= 15 is 0 Å². The van der Waals surface area contributed by atoms with Gasteiger partial charge < -0.3 is 134 Å². The first-order chi connectivity index (χ1) is 41.7. The van der Waals surface area contributed by atoms with E-state index in [-0.39, 0.29) is 42.8 Å². The van der Waals surface area contributed by atoms with Crippen molar-refractivity contribution in [3.05, 3.63) is 11.6 Å². The van der Waals surface area contributed by atoms with Crippen LogP contribution in [0.25, 0.3) is 0 Å². The monoisotopic (exact) mass is 1280 g/mol. The van der Waals surface area contributed by atoms with Crippen molar-refractivity contribution in [1.29, 1.82) is 0 Å². The fourth-order valence-electron chi connectivity index (χ4n) is 18.0. The number of fused-ring (bicyclic) bond motifs is 7. The van der Waals surface area contributed by atoms with Gasteiger partial charge in [-0.2, -0.15) is 0 Å². The Hall–Kier alpha value is -2.32. The maximum atomic E-state index is 12.7. The van der Waals surface area contributed by atoms with Gasteiger partial charge in [-0.25, -0.2) is 4.79 Å². The molecular weight excluding hydrogens is 1180 g/mol. The van der Waals surface area contributed by atoms with E-state index in [1.807, 2.05) is 20.8 Å². The second-order valence-corrected chi connectivity index (χ2v) is 28.9. The van der Waals surface area contributed by atoms with Crippen LogP contribution < -0.4 is 0 Å². The van der Waals surface area contributed by atoms with Gasteiger partial charge in [-0.1, -0.05) is 60.1 Å². The van der Waals surface area contributed by atoms with Crippen molar-refractivity contribution in [2.75, 3.05) is 33.0 Å². The number of allylic oxidation sites excluding steroid dienone is 2. The predicted molar refractivity (Wildman–Crippen MR) is 296 cm³/mol. The Labute approximate surface area is 515 Å². The van der Waals surface area contributed by atoms with Gasteiger partial charge in [-0.15, -0.1) is 0 Å². The molecule has 5 saturated heterocycles. The minimum atomic E-state index is -2.17. The molecular formula is C60H96O29. The van der Waals surface area contributed by atoms with Crippen molar-refractivity contribution in [2.24, 2.45) is 50.2 Å². The summed E-state index contributed by atoms with van der Waals surface area (Å²) in [5.41, 5.74) is -2.53. The van der Waals surface area contributed by atoms with E-state index in [0.717, 1.165) is 6.92 Å². The molecule has 4 saturated carbocycles. The van der Waals surface area contributed by atoms with E-state index in [2.05, 4.69) is 33.8 Å². The Kier molecular flexibility index (Phi) is 20.1. The number of carboxylic acid groups (broad SMARTS) is 1. The number of esters is 1. The normalized spacial score (nSPS) is 54.1. The molecule has 5 heterocycles. The molecule has 34 atom stereocenters. The molecule has 29 nitrogen and oxygen atoms in total. The fraction of sp³-hybridized carbons (Fsp3) is 0.933. The molecule has 10 aliphatic rings. The third kappa shape index (κ3) is 11.7. The van der Waals surface area contributed by atoms with Gasteiger partial charge in [0, 0.05) is 17.8 Å². The third-order valence-electron chi connectivity index (χ3n) is 23.5. The van der Waals surface area contributed by atoms with Gasteiger partial charge in [0.1, 0.15) is 97.7 Å². The van der Waals surface area contributed by atoms with Gasteiger partial charge in [0.15, 0.2) is 43.7 Å². The van der Waals surface area contributed by atoms with Crippen LogP contribution in [0.5, 0.6) is 0 Å². The SMILES string of the molecule is CC(=O)OC1C(O)COC(OC2C(O)COC(OC3C(O)C(C)(C)CC4C5=CCC6C7(C)CCC(OC8OC(C(=O)O)C(O)C(O)C8OC8OC(CO)C(O)C(O)C8OC8OC(CO)C(O)C(O)C8O)C(C)(CO)C7CCC6(C)C5(C)CCC43C)C2O)C1O. The Balaban J connectivity index is 0.888. The lowest BCUT2D eigenvalue weighted by atomic mass is 9.33. The number of aliphatic hydroxyl groups is 15. The van der Waals surface area contributed by atoms with Crippen molar-refractivity contribution in [3.63, 3.8) is 0 Å². The van der Waals surface area contributed by atoms with Crippen LogP contribution in [0.15, 0.2) is 11.6 Å². The average molecular weight is 1280 g/mol. The Morgan fingerprint density at radius 1 is 0.551 bits per heavy atom. The second kappa shape index (κ2) is 25.7. The van der Waals surface area contributed by atoms with E-state index in [1.54, 1.807) is 0 Å². The van der Waals surface area contributed by atoms with Crippen LogP contribution >= 0.6 is 0 Å². The Bertz CT molecular complexity index is 2530. The number of rotatable bonds is 15. The van der Waals surface area contributed by atoms with Crippen molar-refractivity contribution in [3.8, 4) is 0 Å². The van der Waals surface area contributed by atoms with E-state index in [1.165, 1.54) is 5.57 Å². The van der Waals surface area contributed by atoms with Gasteiger partial charge in [-0.3, -0.25) is 4.79 Å². The van der Waals surface area contributed by atoms with Crippen LogP contribution in [0, 0.1) is 50.2 Å². The van der Waals surface area contributed by atoms with Crippen molar-refractivity contribution in [2.45, 2.75) is 266 Å². The highest BCUT2D eigenvalue weighted by Crippen LogP contribution is 2.76. The molecule has 0 amide bonds. The molecule has 0 radical (unpaired) electrons. The van der Waals surface area contributed by atoms with Crippen LogP contribution in [0.2, 0.25) is 0 Å². The number of carbonyl (C=O) groups is 2. The highest BCUT2D eigenvalue weighted by atomic mass is 16.8. The largest absolute Gasteiger partial charge is 0.479 e. The van der Waals surface area contributed by atoms with E-state index < -0.39 is 218 Å². The number of hydrogen-bond donors (Lipinski definition) is 16. The number of hydrogen-bond acceptors (Lipinski definition) is 28. The summed E-state index contributed by atoms with van der Waals surface area (Å²) in [5, 5.41) is 176. The lowest BCUT2D eigenvalue weighted by Gasteiger charge is -2.72. The minimum absolute atomic E-state index is 0.0296. The molecule has 29 heteroatoms. The van der Waals surface area contributed by atoms with Crippen molar-refractivity contribution in [1.82, 2.24) is 0 Å². The Morgan fingerprint density at radius 2 is 1.10 bits per heavy atom. The number of aliphatic carboxylic acids is 1. The van der Waals surface area contributed by atoms with Gasteiger partial charge in [0.05, 0.1) is 51.3 Å². The molecule has 9 fully saturated rings. The zero-order chi connectivity index (χ0) is 65.2. The first-order valence-corrected chi connectivity index (χ1v) is 31.2. The molecule has 89 heavy (non-hydrogen) atoms. The molecule has 5 aliphatic carbocycles. The number of aliphatic hydroxyl groups excluding tert-OH is 15. The van der Waals surface area contributed by atoms with Crippen LogP contribution in [0.1, 0.15) is 107 Å². The number of carbonyl (C=O) groups excluding carboxylic acids is 1. The van der Waals surface area contributed by atoms with Crippen LogP contribution in [0.4, 0.5) is 0 Å². The molecule has 510 valence electrons. The quantitative estimate of drug-likeness (QED) is 0.0424. The molecule has 0 spiro atoms. The summed E-state index contributed by atoms with van der Waals surface area (Å²) < 4.78 is 65.5.